The van der Waals surface area contributed by atoms with Gasteiger partial charge >= 0.3 is 0 Å². The Morgan fingerprint density at radius 3 is 2.08 bits per heavy atom. The van der Waals surface area contributed by atoms with Crippen molar-refractivity contribution in [1.82, 2.24) is 13.9 Å². The maximum atomic E-state index is 12.8. The Kier molecular flexibility index (Phi) is 9.36. The summed E-state index contributed by atoms with van der Waals surface area (Å²) in [5.74, 6) is -0.106. The molecule has 1 aliphatic rings. The molecule has 39 heavy (non-hydrogen) atoms. The van der Waals surface area contributed by atoms with E-state index in [1.54, 1.807) is 0 Å². The van der Waals surface area contributed by atoms with Crippen LogP contribution in [0.1, 0.15) is 5.56 Å². The number of carbonyl (C=O) groups is 1. The Bertz CT molecular complexity index is 1450. The number of benzene rings is 3. The first-order valence-corrected chi connectivity index (χ1v) is 15.4. The molecule has 0 saturated carbocycles. The second kappa shape index (κ2) is 12.7. The molecule has 2 N–H and O–H groups in total. The zero-order valence-corrected chi connectivity index (χ0v) is 23.2. The summed E-state index contributed by atoms with van der Waals surface area (Å²) in [5, 5.41) is 2.66. The van der Waals surface area contributed by atoms with Crippen LogP contribution in [0.2, 0.25) is 0 Å². The summed E-state index contributed by atoms with van der Waals surface area (Å²) < 4.78 is 60.3. The molecular formula is C27H32N4O6S2. The minimum Gasteiger partial charge on any atom is -0.484 e. The molecule has 0 unspecified atom stereocenters. The van der Waals surface area contributed by atoms with Crippen LogP contribution >= 0.6 is 0 Å². The van der Waals surface area contributed by atoms with Crippen molar-refractivity contribution < 1.29 is 26.4 Å². The maximum Gasteiger partial charge on any atom is 0.262 e. The number of piperazine rings is 1. The van der Waals surface area contributed by atoms with Crippen LogP contribution in [0, 0.1) is 0 Å². The molecule has 0 spiro atoms. The maximum absolute atomic E-state index is 12.8. The van der Waals surface area contributed by atoms with Gasteiger partial charge in [0.25, 0.3) is 5.91 Å². The van der Waals surface area contributed by atoms with Crippen molar-refractivity contribution in [2.45, 2.75) is 16.2 Å². The van der Waals surface area contributed by atoms with Gasteiger partial charge in [-0.3, -0.25) is 4.79 Å². The summed E-state index contributed by atoms with van der Waals surface area (Å²) in [4.78, 5) is 14.7. The zero-order chi connectivity index (χ0) is 27.9. The second-order valence-corrected chi connectivity index (χ2v) is 12.9. The first-order valence-electron chi connectivity index (χ1n) is 12.5. The summed E-state index contributed by atoms with van der Waals surface area (Å²) in [5.41, 5.74) is 1.47. The number of carbonyl (C=O) groups excluding carboxylic acids is 1. The lowest BCUT2D eigenvalue weighted by molar-refractivity contribution is -0.118. The van der Waals surface area contributed by atoms with Crippen molar-refractivity contribution in [1.29, 1.82) is 0 Å². The zero-order valence-electron chi connectivity index (χ0n) is 21.6. The molecule has 0 bridgehead atoms. The van der Waals surface area contributed by atoms with Crippen molar-refractivity contribution in [2.24, 2.45) is 0 Å². The molecule has 0 aliphatic carbocycles. The molecule has 12 heteroatoms. The van der Waals surface area contributed by atoms with E-state index in [1.165, 1.54) is 52.8 Å². The molecule has 1 fully saturated rings. The van der Waals surface area contributed by atoms with Gasteiger partial charge in [-0.15, -0.1) is 0 Å². The summed E-state index contributed by atoms with van der Waals surface area (Å²) >= 11 is 0. The molecule has 0 atom stereocenters. The van der Waals surface area contributed by atoms with E-state index >= 15 is 0 Å². The first kappa shape index (κ1) is 28.7. The summed E-state index contributed by atoms with van der Waals surface area (Å²) in [6.07, 6.45) is 0.575. The number of sulfonamides is 2. The molecule has 208 valence electrons. The van der Waals surface area contributed by atoms with Gasteiger partial charge in [0.15, 0.2) is 6.61 Å². The molecule has 1 heterocycles. The van der Waals surface area contributed by atoms with E-state index < -0.39 is 26.0 Å². The number of anilines is 1. The number of hydrogen-bond acceptors (Lipinski definition) is 7. The van der Waals surface area contributed by atoms with Crippen LogP contribution in [0.15, 0.2) is 88.7 Å². The van der Waals surface area contributed by atoms with Gasteiger partial charge in [0, 0.05) is 38.4 Å². The van der Waals surface area contributed by atoms with E-state index in [-0.39, 0.29) is 22.9 Å². The van der Waals surface area contributed by atoms with Gasteiger partial charge in [-0.1, -0.05) is 30.3 Å². The highest BCUT2D eigenvalue weighted by atomic mass is 32.2. The largest absolute Gasteiger partial charge is 0.484 e. The fourth-order valence-corrected chi connectivity index (χ4v) is 6.46. The van der Waals surface area contributed by atoms with Crippen molar-refractivity contribution >= 4 is 31.6 Å². The van der Waals surface area contributed by atoms with E-state index in [9.17, 15) is 21.6 Å². The average Bonchev–Trinajstić information content (AvgIpc) is 2.93. The standard InChI is InChI=1S/C27H32N4O6S2/c1-30-17-19-31(20-18-30)39(35,36)26-11-7-23(8-12-26)29-27(32)21-37-24-9-13-25(14-10-24)38(33,34)28-16-15-22-5-3-2-4-6-22/h2-14,28H,15-21H2,1H3,(H,29,32). The van der Waals surface area contributed by atoms with E-state index in [4.69, 9.17) is 4.74 Å². The van der Waals surface area contributed by atoms with Crippen LogP contribution in [0.25, 0.3) is 0 Å². The molecule has 3 aromatic rings. The third kappa shape index (κ3) is 7.87. The van der Waals surface area contributed by atoms with Crippen molar-refractivity contribution in [3.05, 3.63) is 84.4 Å². The lowest BCUT2D eigenvalue weighted by Crippen LogP contribution is -2.46. The molecule has 1 amide bonds. The number of nitrogens with zero attached hydrogens (tertiary/aromatic N) is 2. The highest BCUT2D eigenvalue weighted by Crippen LogP contribution is 2.20. The number of ether oxygens (including phenoxy) is 1. The molecule has 1 saturated heterocycles. The monoisotopic (exact) mass is 572 g/mol. The smallest absolute Gasteiger partial charge is 0.262 e. The predicted molar refractivity (Wildman–Crippen MR) is 149 cm³/mol. The fourth-order valence-electron chi connectivity index (χ4n) is 4.01. The predicted octanol–water partition coefficient (Wildman–Crippen LogP) is 2.16. The number of likely N-dealkylation sites (N-methyl/N-ethyl adjacent to an activating group) is 1. The van der Waals surface area contributed by atoms with Crippen LogP contribution in [-0.4, -0.2) is 78.3 Å². The van der Waals surface area contributed by atoms with Crippen LogP contribution in [0.5, 0.6) is 5.75 Å². The fraction of sp³-hybridized carbons (Fsp3) is 0.296. The van der Waals surface area contributed by atoms with Crippen molar-refractivity contribution in [2.75, 3.05) is 51.7 Å². The van der Waals surface area contributed by atoms with E-state index in [2.05, 4.69) is 14.9 Å². The molecule has 3 aromatic carbocycles. The van der Waals surface area contributed by atoms with E-state index in [0.29, 0.717) is 44.0 Å². The minimum absolute atomic E-state index is 0.0963. The summed E-state index contributed by atoms with van der Waals surface area (Å²) in [7, 11) is -5.31. The van der Waals surface area contributed by atoms with Crippen LogP contribution in [-0.2, 0) is 31.3 Å². The Morgan fingerprint density at radius 2 is 1.44 bits per heavy atom. The highest BCUT2D eigenvalue weighted by molar-refractivity contribution is 7.89. The Hall–Kier alpha value is -3.29. The van der Waals surface area contributed by atoms with Gasteiger partial charge in [-0.25, -0.2) is 21.6 Å². The highest BCUT2D eigenvalue weighted by Gasteiger charge is 2.27. The SMILES string of the molecule is CN1CCN(S(=O)(=O)c2ccc(NC(=O)COc3ccc(S(=O)(=O)NCCc4ccccc4)cc3)cc2)CC1. The molecule has 0 aromatic heterocycles. The second-order valence-electron chi connectivity index (χ2n) is 9.17. The van der Waals surface area contributed by atoms with Crippen molar-refractivity contribution in [3.63, 3.8) is 0 Å². The Balaban J connectivity index is 1.24. The minimum atomic E-state index is -3.68. The van der Waals surface area contributed by atoms with Gasteiger partial charge < -0.3 is 15.0 Å². The lowest BCUT2D eigenvalue weighted by atomic mass is 10.2. The molecule has 1 aliphatic heterocycles. The Morgan fingerprint density at radius 1 is 0.821 bits per heavy atom. The van der Waals surface area contributed by atoms with Crippen molar-refractivity contribution in [3.8, 4) is 5.75 Å². The van der Waals surface area contributed by atoms with E-state index in [1.807, 2.05) is 37.4 Å². The molecular weight excluding hydrogens is 540 g/mol. The number of rotatable bonds is 11. The number of amides is 1. The number of nitrogens with one attached hydrogen (secondary N) is 2. The van der Waals surface area contributed by atoms with Gasteiger partial charge in [-0.05, 0) is 67.6 Å². The third-order valence-corrected chi connectivity index (χ3v) is 9.68. The van der Waals surface area contributed by atoms with E-state index in [0.717, 1.165) is 5.56 Å². The first-order chi connectivity index (χ1) is 18.6. The lowest BCUT2D eigenvalue weighted by Gasteiger charge is -2.31. The van der Waals surface area contributed by atoms with Gasteiger partial charge in [-0.2, -0.15) is 4.31 Å². The average molecular weight is 573 g/mol. The molecule has 4 rings (SSSR count). The molecule has 10 nitrogen and oxygen atoms in total. The summed E-state index contributed by atoms with van der Waals surface area (Å²) in [6.45, 7) is 2.20. The third-order valence-electron chi connectivity index (χ3n) is 6.29. The van der Waals surface area contributed by atoms with Crippen LogP contribution in [0.3, 0.4) is 0 Å². The number of hydrogen-bond donors (Lipinski definition) is 2. The van der Waals surface area contributed by atoms with Gasteiger partial charge in [0.2, 0.25) is 20.0 Å². The summed E-state index contributed by atoms with van der Waals surface area (Å²) in [6, 6.07) is 21.4. The quantitative estimate of drug-likeness (QED) is 0.361. The van der Waals surface area contributed by atoms with Gasteiger partial charge in [0.1, 0.15) is 5.75 Å². The van der Waals surface area contributed by atoms with Crippen LogP contribution < -0.4 is 14.8 Å². The van der Waals surface area contributed by atoms with Gasteiger partial charge in [0.05, 0.1) is 9.79 Å². The Labute approximate surface area is 229 Å². The normalized spacial score (nSPS) is 15.1. The molecule has 0 radical (unpaired) electrons. The topological polar surface area (TPSA) is 125 Å². The van der Waals surface area contributed by atoms with Crippen LogP contribution in [0.4, 0.5) is 5.69 Å².